The number of nitrogens with one attached hydrogen (secondary N) is 2. The molecule has 2 fully saturated rings. The summed E-state index contributed by atoms with van der Waals surface area (Å²) in [6, 6.07) is -0.136. The number of rotatable bonds is 8. The van der Waals surface area contributed by atoms with Crippen molar-refractivity contribution >= 4 is 34.7 Å². The minimum atomic E-state index is -2.78. The summed E-state index contributed by atoms with van der Waals surface area (Å²) in [6.45, 7) is 3.61. The molecule has 36 heavy (non-hydrogen) atoms. The van der Waals surface area contributed by atoms with Crippen LogP contribution in [0.2, 0.25) is 0 Å². The topological polar surface area (TPSA) is 135 Å². The zero-order valence-corrected chi connectivity index (χ0v) is 19.2. The van der Waals surface area contributed by atoms with Crippen molar-refractivity contribution in [2.75, 3.05) is 56.2 Å². The molecule has 0 bridgehead atoms. The summed E-state index contributed by atoms with van der Waals surface area (Å²) in [6.07, 6.45) is 5.18. The number of anilines is 2. The first kappa shape index (κ1) is 23.6. The third-order valence-corrected chi connectivity index (χ3v) is 5.89. The zero-order valence-electron chi connectivity index (χ0n) is 19.2. The molecule has 3 aromatic heterocycles. The van der Waals surface area contributed by atoms with E-state index < -0.39 is 6.55 Å². The molecule has 2 aliphatic rings. The second-order valence-electron chi connectivity index (χ2n) is 8.28. The number of nitrogens with zero attached hydrogens (tertiary/aromatic N) is 8. The summed E-state index contributed by atoms with van der Waals surface area (Å²) in [4.78, 5) is 41.2. The van der Waals surface area contributed by atoms with Crippen LogP contribution in [0.1, 0.15) is 6.55 Å². The summed E-state index contributed by atoms with van der Waals surface area (Å²) < 4.78 is 33.6. The van der Waals surface area contributed by atoms with Crippen LogP contribution in [0.5, 0.6) is 0 Å². The van der Waals surface area contributed by atoms with Crippen LogP contribution in [-0.2, 0) is 14.3 Å². The largest absolute Gasteiger partial charge is 0.378 e. The molecule has 5 heterocycles. The van der Waals surface area contributed by atoms with E-state index in [0.29, 0.717) is 72.7 Å². The molecule has 2 amide bonds. The third-order valence-electron chi connectivity index (χ3n) is 5.89. The Kier molecular flexibility index (Phi) is 6.45. The number of morpholine rings is 1. The number of amides is 2. The van der Waals surface area contributed by atoms with E-state index in [9.17, 15) is 18.4 Å². The van der Waals surface area contributed by atoms with Gasteiger partial charge in [0.05, 0.1) is 43.9 Å². The number of halogens is 2. The number of hydrogen-bond donors (Lipinski definition) is 2. The molecule has 13 nitrogen and oxygen atoms in total. The summed E-state index contributed by atoms with van der Waals surface area (Å²) in [5.41, 5.74) is 1.11. The number of alkyl halides is 2. The standard InChI is InChI=1S/C21H24F2N10O3/c1-2-16(35)31-9-13(10-31)27-15(34)8-24-18-17-19(29-21(28-18)30-3-5-36-6-4-30)32(12-25-17)14-7-26-33(11-14)20(22)23/h2,7,11-13,20H,1,3-6,8-10H2,(H,27,34)(H,24,28,29). The van der Waals surface area contributed by atoms with Crippen molar-refractivity contribution in [3.63, 3.8) is 0 Å². The molecule has 0 saturated carbocycles. The van der Waals surface area contributed by atoms with Gasteiger partial charge in [-0.15, -0.1) is 0 Å². The molecule has 2 saturated heterocycles. The lowest BCUT2D eigenvalue weighted by Crippen LogP contribution is -2.61. The predicted octanol–water partition coefficient (Wildman–Crippen LogP) is 0.169. The lowest BCUT2D eigenvalue weighted by Gasteiger charge is -2.38. The summed E-state index contributed by atoms with van der Waals surface area (Å²) in [7, 11) is 0. The van der Waals surface area contributed by atoms with Gasteiger partial charge in [-0.25, -0.2) is 9.67 Å². The number of hydrogen-bond acceptors (Lipinski definition) is 9. The SMILES string of the molecule is C=CC(=O)N1CC(NC(=O)CNc2nc(N3CCOCC3)nc3c2ncn3-c2cnn(C(F)F)c2)C1. The zero-order chi connectivity index (χ0) is 25.2. The van der Waals surface area contributed by atoms with Crippen molar-refractivity contribution < 1.29 is 23.1 Å². The molecule has 0 spiro atoms. The molecule has 0 atom stereocenters. The maximum absolute atomic E-state index is 13.0. The van der Waals surface area contributed by atoms with Crippen LogP contribution in [0.4, 0.5) is 20.5 Å². The van der Waals surface area contributed by atoms with Crippen molar-refractivity contribution in [1.29, 1.82) is 0 Å². The molecule has 3 aromatic rings. The van der Waals surface area contributed by atoms with Gasteiger partial charge in [-0.1, -0.05) is 6.58 Å². The fourth-order valence-electron chi connectivity index (χ4n) is 3.99. The van der Waals surface area contributed by atoms with Gasteiger partial charge in [-0.2, -0.15) is 23.8 Å². The normalized spacial score (nSPS) is 16.3. The van der Waals surface area contributed by atoms with Crippen molar-refractivity contribution in [2.24, 2.45) is 0 Å². The van der Waals surface area contributed by atoms with Crippen LogP contribution in [0.25, 0.3) is 16.9 Å². The van der Waals surface area contributed by atoms with Gasteiger partial charge in [-0.3, -0.25) is 14.2 Å². The first-order valence-electron chi connectivity index (χ1n) is 11.3. The lowest BCUT2D eigenvalue weighted by atomic mass is 10.1. The number of likely N-dealkylation sites (tertiary alicyclic amines) is 1. The molecule has 190 valence electrons. The fraction of sp³-hybridized carbons (Fsp3) is 0.429. The third kappa shape index (κ3) is 4.68. The number of aromatic nitrogens is 6. The van der Waals surface area contributed by atoms with E-state index in [-0.39, 0.29) is 24.4 Å². The Bertz CT molecular complexity index is 1280. The molecular formula is C21H24F2N10O3. The summed E-state index contributed by atoms with van der Waals surface area (Å²) in [5, 5.41) is 9.56. The molecule has 15 heteroatoms. The highest BCUT2D eigenvalue weighted by Gasteiger charge is 2.30. The number of imidazole rings is 1. The van der Waals surface area contributed by atoms with E-state index in [2.05, 4.69) is 37.3 Å². The van der Waals surface area contributed by atoms with Gasteiger partial charge >= 0.3 is 6.55 Å². The van der Waals surface area contributed by atoms with Crippen molar-refractivity contribution in [3.05, 3.63) is 31.4 Å². The van der Waals surface area contributed by atoms with Gasteiger partial charge < -0.3 is 25.2 Å². The fourth-order valence-corrected chi connectivity index (χ4v) is 3.99. The second-order valence-corrected chi connectivity index (χ2v) is 8.28. The molecule has 2 N–H and O–H groups in total. The molecule has 0 unspecified atom stereocenters. The smallest absolute Gasteiger partial charge is 0.333 e. The van der Waals surface area contributed by atoms with Crippen molar-refractivity contribution in [2.45, 2.75) is 12.6 Å². The average Bonchev–Trinajstić information content (AvgIpc) is 3.52. The Balaban J connectivity index is 1.37. The Morgan fingerprint density at radius 2 is 2.03 bits per heavy atom. The van der Waals surface area contributed by atoms with Crippen LogP contribution in [0, 0.1) is 0 Å². The van der Waals surface area contributed by atoms with E-state index in [1.165, 1.54) is 29.4 Å². The monoisotopic (exact) mass is 502 g/mol. The highest BCUT2D eigenvalue weighted by atomic mass is 19.3. The highest BCUT2D eigenvalue weighted by Crippen LogP contribution is 2.26. The average molecular weight is 502 g/mol. The molecule has 0 radical (unpaired) electrons. The quantitative estimate of drug-likeness (QED) is 0.413. The Morgan fingerprint density at radius 3 is 2.72 bits per heavy atom. The van der Waals surface area contributed by atoms with Crippen LogP contribution in [-0.4, -0.2) is 98.0 Å². The van der Waals surface area contributed by atoms with Crippen LogP contribution in [0.15, 0.2) is 31.4 Å². The van der Waals surface area contributed by atoms with Gasteiger partial charge in [0.25, 0.3) is 0 Å². The van der Waals surface area contributed by atoms with E-state index >= 15 is 0 Å². The maximum atomic E-state index is 13.0. The van der Waals surface area contributed by atoms with E-state index in [4.69, 9.17) is 4.74 Å². The number of carbonyl (C=O) groups excluding carboxylic acids is 2. The minimum absolute atomic E-state index is 0.0866. The summed E-state index contributed by atoms with van der Waals surface area (Å²) in [5.74, 6) is 0.276. The minimum Gasteiger partial charge on any atom is -0.378 e. The van der Waals surface area contributed by atoms with Gasteiger partial charge in [0.15, 0.2) is 17.0 Å². The molecule has 2 aliphatic heterocycles. The van der Waals surface area contributed by atoms with Crippen LogP contribution < -0.4 is 15.5 Å². The molecular weight excluding hydrogens is 478 g/mol. The first-order chi connectivity index (χ1) is 17.4. The van der Waals surface area contributed by atoms with Gasteiger partial charge in [-0.05, 0) is 6.08 Å². The predicted molar refractivity (Wildman–Crippen MR) is 124 cm³/mol. The Hall–Kier alpha value is -4.14. The first-order valence-corrected chi connectivity index (χ1v) is 11.3. The van der Waals surface area contributed by atoms with E-state index in [0.717, 1.165) is 0 Å². The lowest BCUT2D eigenvalue weighted by molar-refractivity contribution is -0.133. The van der Waals surface area contributed by atoms with Crippen LogP contribution in [0.3, 0.4) is 0 Å². The van der Waals surface area contributed by atoms with E-state index in [1.807, 2.05) is 4.90 Å². The maximum Gasteiger partial charge on any atom is 0.333 e. The molecule has 0 aromatic carbocycles. The number of fused-ring (bicyclic) bond motifs is 1. The second kappa shape index (κ2) is 9.85. The van der Waals surface area contributed by atoms with Gasteiger partial charge in [0.1, 0.15) is 6.33 Å². The van der Waals surface area contributed by atoms with Crippen molar-refractivity contribution in [3.8, 4) is 5.69 Å². The van der Waals surface area contributed by atoms with Crippen LogP contribution >= 0.6 is 0 Å². The number of ether oxygens (including phenoxy) is 1. The van der Waals surface area contributed by atoms with Crippen molar-refractivity contribution in [1.82, 2.24) is 39.5 Å². The molecule has 0 aliphatic carbocycles. The Labute approximate surface area is 203 Å². The van der Waals surface area contributed by atoms with Gasteiger partial charge in [0.2, 0.25) is 17.8 Å². The Morgan fingerprint density at radius 1 is 1.25 bits per heavy atom. The molecule has 5 rings (SSSR count). The van der Waals surface area contributed by atoms with E-state index in [1.54, 1.807) is 4.90 Å². The number of carbonyl (C=O) groups is 2. The van der Waals surface area contributed by atoms with Gasteiger partial charge in [0, 0.05) is 26.2 Å². The summed E-state index contributed by atoms with van der Waals surface area (Å²) >= 11 is 0. The highest BCUT2D eigenvalue weighted by molar-refractivity contribution is 5.89.